The van der Waals surface area contributed by atoms with Crippen molar-refractivity contribution in [3.05, 3.63) is 0 Å². The number of hydrogen-bond donors (Lipinski definition) is 2. The molecule has 1 rings (SSSR count). The first-order valence-corrected chi connectivity index (χ1v) is 9.08. The van der Waals surface area contributed by atoms with Crippen LogP contribution in [0.3, 0.4) is 0 Å². The van der Waals surface area contributed by atoms with Gasteiger partial charge in [-0.2, -0.15) is 0 Å². The first-order valence-electron chi connectivity index (χ1n) is 6.61. The van der Waals surface area contributed by atoms with Gasteiger partial charge in [0.05, 0.1) is 13.1 Å². The standard InChI is InChI=1S/C10H20N4.2ClHO4.Ni/c1-3-11-7-9-13-5-2-6-14-10-8-12-4-1;2*2-1(3,4)5;/h3,6,12-13H,1-2,4-5,7-10H2;2*(H,2,3,4,5);/q;;;+2/p-2. The molecule has 0 aliphatic carbocycles. The summed E-state index contributed by atoms with van der Waals surface area (Å²) in [6.45, 7) is 5.72. The van der Waals surface area contributed by atoms with E-state index < -0.39 is 20.5 Å². The Hall–Kier alpha value is 0.0135. The third-order valence-electron chi connectivity index (χ3n) is 1.99. The average Bonchev–Trinajstić information content (AvgIpc) is 2.38. The van der Waals surface area contributed by atoms with Crippen LogP contribution in [-0.4, -0.2) is 51.7 Å². The molecule has 0 saturated carbocycles. The van der Waals surface area contributed by atoms with Crippen LogP contribution in [0.2, 0.25) is 0 Å². The molecule has 25 heavy (non-hydrogen) atoms. The molecule has 1 aliphatic heterocycles. The van der Waals surface area contributed by atoms with Crippen molar-refractivity contribution < 1.29 is 74.2 Å². The third kappa shape index (κ3) is 59.3. The van der Waals surface area contributed by atoms with Crippen LogP contribution >= 0.6 is 0 Å². The first-order chi connectivity index (χ1) is 11.0. The molecule has 0 fully saturated rings. The molecule has 0 unspecified atom stereocenters. The van der Waals surface area contributed by atoms with Crippen molar-refractivity contribution in [1.29, 1.82) is 0 Å². The van der Waals surface area contributed by atoms with Gasteiger partial charge in [-0.15, -0.1) is 20.5 Å². The second-order valence-corrected chi connectivity index (χ2v) is 5.52. The van der Waals surface area contributed by atoms with Crippen LogP contribution in [0.4, 0.5) is 0 Å². The SMILES string of the molecule is C1=NCCNCCC=NCCNCC1.[Ni+2].[O-][Cl+3]([O-])([O-])[O-].[O-][Cl+3]([O-])([O-])[O-]. The number of hydrogen-bond acceptors (Lipinski definition) is 12. The van der Waals surface area contributed by atoms with Crippen LogP contribution in [-0.2, 0) is 16.5 Å². The summed E-state index contributed by atoms with van der Waals surface area (Å²) in [6, 6.07) is 0. The molecule has 0 aromatic rings. The molecule has 15 heteroatoms. The molecule has 0 aromatic heterocycles. The van der Waals surface area contributed by atoms with Crippen molar-refractivity contribution in [2.75, 3.05) is 39.3 Å². The van der Waals surface area contributed by atoms with Gasteiger partial charge in [0.15, 0.2) is 0 Å². The van der Waals surface area contributed by atoms with Crippen molar-refractivity contribution in [1.82, 2.24) is 10.6 Å². The van der Waals surface area contributed by atoms with E-state index in [1.165, 1.54) is 0 Å². The van der Waals surface area contributed by atoms with E-state index in [0.717, 1.165) is 52.1 Å². The maximum absolute atomic E-state index is 8.49. The van der Waals surface area contributed by atoms with Gasteiger partial charge in [0, 0.05) is 26.2 Å². The molecule has 0 bridgehead atoms. The van der Waals surface area contributed by atoms with Crippen molar-refractivity contribution in [2.45, 2.75) is 12.8 Å². The van der Waals surface area contributed by atoms with E-state index in [2.05, 4.69) is 20.6 Å². The quantitative estimate of drug-likeness (QED) is 0.328. The van der Waals surface area contributed by atoms with Crippen molar-refractivity contribution in [3.8, 4) is 0 Å². The van der Waals surface area contributed by atoms with Gasteiger partial charge in [-0.3, -0.25) is 9.98 Å². The molecule has 1 aliphatic rings. The second kappa shape index (κ2) is 18.8. The molecule has 12 nitrogen and oxygen atoms in total. The fourth-order valence-electron chi connectivity index (χ4n) is 1.24. The Labute approximate surface area is 159 Å². The van der Waals surface area contributed by atoms with Gasteiger partial charge in [0.1, 0.15) is 0 Å². The molecular weight excluding hydrogens is 434 g/mol. The van der Waals surface area contributed by atoms with Gasteiger partial charge in [0.2, 0.25) is 0 Å². The van der Waals surface area contributed by atoms with Gasteiger partial charge < -0.3 is 10.6 Å². The van der Waals surface area contributed by atoms with E-state index in [1.807, 2.05) is 12.4 Å². The van der Waals surface area contributed by atoms with E-state index in [1.54, 1.807) is 0 Å². The zero-order valence-corrected chi connectivity index (χ0v) is 15.5. The summed E-state index contributed by atoms with van der Waals surface area (Å²) in [6.07, 6.45) is 6.04. The fourth-order valence-corrected chi connectivity index (χ4v) is 1.24. The van der Waals surface area contributed by atoms with E-state index in [4.69, 9.17) is 37.3 Å². The average molecular weight is 454 g/mol. The zero-order valence-electron chi connectivity index (χ0n) is 13.0. The minimum absolute atomic E-state index is 0. The van der Waals surface area contributed by atoms with E-state index in [0.29, 0.717) is 0 Å². The summed E-state index contributed by atoms with van der Waals surface area (Å²) in [5.41, 5.74) is 0. The maximum Gasteiger partial charge on any atom is 2.00 e. The number of halogens is 2. The van der Waals surface area contributed by atoms with E-state index in [9.17, 15) is 0 Å². The van der Waals surface area contributed by atoms with E-state index in [-0.39, 0.29) is 16.5 Å². The van der Waals surface area contributed by atoms with Crippen LogP contribution in [0.25, 0.3) is 0 Å². The molecule has 1 heterocycles. The van der Waals surface area contributed by atoms with E-state index >= 15 is 0 Å². The molecule has 0 spiro atoms. The van der Waals surface area contributed by atoms with Crippen molar-refractivity contribution in [3.63, 3.8) is 0 Å². The predicted octanol–water partition coefficient (Wildman–Crippen LogP) is -9.41. The Bertz CT molecular complexity index is 282. The van der Waals surface area contributed by atoms with Gasteiger partial charge in [-0.25, -0.2) is 37.3 Å². The van der Waals surface area contributed by atoms with Crippen LogP contribution < -0.4 is 47.9 Å². The Balaban J connectivity index is -0.000000368. The monoisotopic (exact) mass is 452 g/mol. The number of rotatable bonds is 0. The van der Waals surface area contributed by atoms with Crippen molar-refractivity contribution >= 4 is 12.4 Å². The van der Waals surface area contributed by atoms with Gasteiger partial charge >= 0.3 is 16.5 Å². The minimum atomic E-state index is -4.94. The normalized spacial score (nSPS) is 17.0. The molecule has 0 saturated heterocycles. The Morgan fingerprint density at radius 3 is 1.16 bits per heavy atom. The zero-order chi connectivity index (χ0) is 18.9. The molecule has 0 amide bonds. The maximum atomic E-state index is 8.49. The topological polar surface area (TPSA) is 233 Å². The predicted molar refractivity (Wildman–Crippen MR) is 61.7 cm³/mol. The summed E-state index contributed by atoms with van der Waals surface area (Å²) < 4.78 is 67.9. The Morgan fingerprint density at radius 1 is 0.600 bits per heavy atom. The van der Waals surface area contributed by atoms with Crippen LogP contribution in [0, 0.1) is 20.5 Å². The molecule has 0 aromatic carbocycles. The Morgan fingerprint density at radius 2 is 0.880 bits per heavy atom. The smallest absolute Gasteiger partial charge is 0.315 e. The number of nitrogens with one attached hydrogen (secondary N) is 2. The largest absolute Gasteiger partial charge is 2.00 e. The van der Waals surface area contributed by atoms with Crippen LogP contribution in [0.15, 0.2) is 9.98 Å². The molecular formula is C10H20Cl2N4NiO8. The van der Waals surface area contributed by atoms with Crippen molar-refractivity contribution in [2.24, 2.45) is 9.98 Å². The van der Waals surface area contributed by atoms with Gasteiger partial charge in [-0.1, -0.05) is 0 Å². The fraction of sp³-hybridized carbons (Fsp3) is 0.800. The second-order valence-electron chi connectivity index (χ2n) is 4.01. The van der Waals surface area contributed by atoms with Crippen LogP contribution in [0.1, 0.15) is 12.8 Å². The molecule has 152 valence electrons. The summed E-state index contributed by atoms with van der Waals surface area (Å²) in [4.78, 5) is 8.60. The minimum Gasteiger partial charge on any atom is -0.315 e. The third-order valence-corrected chi connectivity index (χ3v) is 1.99. The molecule has 2 N–H and O–H groups in total. The number of aliphatic imine (C=N–C) groups is 2. The number of nitrogens with zero attached hydrogens (tertiary/aromatic N) is 2. The molecule has 0 atom stereocenters. The summed E-state index contributed by atoms with van der Waals surface area (Å²) >= 11 is 0. The summed E-state index contributed by atoms with van der Waals surface area (Å²) in [7, 11) is -9.89. The first kappa shape index (κ1) is 29.8. The van der Waals surface area contributed by atoms with Crippen LogP contribution in [0.5, 0.6) is 0 Å². The Kier molecular flexibility index (Phi) is 22.4. The van der Waals surface area contributed by atoms with Gasteiger partial charge in [-0.05, 0) is 25.3 Å². The summed E-state index contributed by atoms with van der Waals surface area (Å²) in [5, 5.41) is 6.64. The summed E-state index contributed by atoms with van der Waals surface area (Å²) in [5.74, 6) is 0. The molecule has 0 radical (unpaired) electrons. The van der Waals surface area contributed by atoms with Gasteiger partial charge in [0.25, 0.3) is 0 Å².